The van der Waals surface area contributed by atoms with E-state index in [0.717, 1.165) is 6.42 Å². The Labute approximate surface area is 112 Å². The average Bonchev–Trinajstić information content (AvgIpc) is 2.86. The van der Waals surface area contributed by atoms with Crippen molar-refractivity contribution in [3.05, 3.63) is 0 Å². The monoisotopic (exact) mass is 270 g/mol. The van der Waals surface area contributed by atoms with Crippen LogP contribution in [0.3, 0.4) is 0 Å². The van der Waals surface area contributed by atoms with Crippen molar-refractivity contribution in [2.24, 2.45) is 11.8 Å². The van der Waals surface area contributed by atoms with Gasteiger partial charge in [0.2, 0.25) is 11.8 Å². The second-order valence-electron chi connectivity index (χ2n) is 4.94. The largest absolute Gasteiger partial charge is 0.481 e. The Balaban J connectivity index is 2.18. The van der Waals surface area contributed by atoms with E-state index in [0.29, 0.717) is 32.4 Å². The Morgan fingerprint density at radius 3 is 2.37 bits per heavy atom. The molecule has 1 rings (SSSR count). The molecular weight excluding hydrogens is 248 g/mol. The molecule has 0 aromatic carbocycles. The van der Waals surface area contributed by atoms with E-state index in [1.54, 1.807) is 0 Å². The third-order valence-corrected chi connectivity index (χ3v) is 3.38. The number of carbonyl (C=O) groups excluding carboxylic acids is 2. The summed E-state index contributed by atoms with van der Waals surface area (Å²) >= 11 is 0. The van der Waals surface area contributed by atoms with Crippen molar-refractivity contribution in [1.82, 2.24) is 10.6 Å². The maximum Gasteiger partial charge on any atom is 0.306 e. The van der Waals surface area contributed by atoms with Gasteiger partial charge in [0, 0.05) is 25.4 Å². The van der Waals surface area contributed by atoms with Crippen LogP contribution >= 0.6 is 0 Å². The summed E-state index contributed by atoms with van der Waals surface area (Å²) in [6.45, 7) is 2.93. The lowest BCUT2D eigenvalue weighted by molar-refractivity contribution is -0.141. The lowest BCUT2D eigenvalue weighted by Crippen LogP contribution is -2.34. The normalized spacial score (nSPS) is 21.9. The van der Waals surface area contributed by atoms with Crippen LogP contribution in [0.4, 0.5) is 0 Å². The first-order valence-electron chi connectivity index (χ1n) is 6.81. The van der Waals surface area contributed by atoms with Gasteiger partial charge in [0.05, 0.1) is 5.92 Å². The average molecular weight is 270 g/mol. The summed E-state index contributed by atoms with van der Waals surface area (Å²) in [6.07, 6.45) is 2.73. The van der Waals surface area contributed by atoms with Crippen LogP contribution in [-0.4, -0.2) is 36.0 Å². The maximum atomic E-state index is 11.8. The van der Waals surface area contributed by atoms with E-state index in [9.17, 15) is 14.4 Å². The highest BCUT2D eigenvalue weighted by Gasteiger charge is 2.33. The fraction of sp³-hybridized carbons (Fsp3) is 0.769. The summed E-state index contributed by atoms with van der Waals surface area (Å²) in [7, 11) is 0. The lowest BCUT2D eigenvalue weighted by atomic mass is 10.0. The smallest absolute Gasteiger partial charge is 0.306 e. The molecular formula is C13H22N2O4. The fourth-order valence-electron chi connectivity index (χ4n) is 2.24. The van der Waals surface area contributed by atoms with Crippen LogP contribution in [0.25, 0.3) is 0 Å². The summed E-state index contributed by atoms with van der Waals surface area (Å²) in [4.78, 5) is 33.9. The minimum Gasteiger partial charge on any atom is -0.481 e. The van der Waals surface area contributed by atoms with E-state index in [1.807, 2.05) is 6.92 Å². The Bertz CT molecular complexity index is 344. The molecule has 0 aliphatic heterocycles. The van der Waals surface area contributed by atoms with Crippen LogP contribution in [0.5, 0.6) is 0 Å². The van der Waals surface area contributed by atoms with Gasteiger partial charge in [-0.05, 0) is 25.7 Å². The second kappa shape index (κ2) is 7.76. The zero-order chi connectivity index (χ0) is 14.3. The van der Waals surface area contributed by atoms with Gasteiger partial charge >= 0.3 is 5.97 Å². The molecule has 6 heteroatoms. The molecule has 2 amide bonds. The minimum atomic E-state index is -0.825. The quantitative estimate of drug-likeness (QED) is 0.628. The third-order valence-electron chi connectivity index (χ3n) is 3.38. The predicted octanol–water partition coefficient (Wildman–Crippen LogP) is 0.520. The van der Waals surface area contributed by atoms with Gasteiger partial charge in [-0.3, -0.25) is 14.4 Å². The molecule has 0 heterocycles. The Morgan fingerprint density at radius 2 is 1.79 bits per heavy atom. The zero-order valence-corrected chi connectivity index (χ0v) is 11.3. The molecule has 19 heavy (non-hydrogen) atoms. The minimum absolute atomic E-state index is 0.0722. The van der Waals surface area contributed by atoms with Crippen molar-refractivity contribution >= 4 is 17.8 Å². The number of carbonyl (C=O) groups is 3. The highest BCUT2D eigenvalue weighted by molar-refractivity contribution is 5.82. The molecule has 0 aromatic heterocycles. The van der Waals surface area contributed by atoms with Gasteiger partial charge in [0.15, 0.2) is 0 Å². The van der Waals surface area contributed by atoms with E-state index < -0.39 is 11.9 Å². The predicted molar refractivity (Wildman–Crippen MR) is 69.4 cm³/mol. The van der Waals surface area contributed by atoms with Crippen molar-refractivity contribution in [3.63, 3.8) is 0 Å². The van der Waals surface area contributed by atoms with E-state index in [-0.39, 0.29) is 24.2 Å². The fourth-order valence-corrected chi connectivity index (χ4v) is 2.24. The summed E-state index contributed by atoms with van der Waals surface area (Å²) < 4.78 is 0. The molecule has 0 radical (unpaired) electrons. The van der Waals surface area contributed by atoms with Gasteiger partial charge in [-0.2, -0.15) is 0 Å². The van der Waals surface area contributed by atoms with Gasteiger partial charge in [-0.1, -0.05) is 6.92 Å². The summed E-state index contributed by atoms with van der Waals surface area (Å²) in [5, 5.41) is 14.3. The van der Waals surface area contributed by atoms with Crippen LogP contribution in [0, 0.1) is 11.8 Å². The van der Waals surface area contributed by atoms with E-state index in [1.165, 1.54) is 0 Å². The number of nitrogens with one attached hydrogen (secondary N) is 2. The van der Waals surface area contributed by atoms with Crippen LogP contribution in [0.1, 0.15) is 39.0 Å². The molecule has 1 saturated carbocycles. The number of carboxylic acid groups (broad SMARTS) is 1. The summed E-state index contributed by atoms with van der Waals surface area (Å²) in [6, 6.07) is 0. The van der Waals surface area contributed by atoms with Crippen molar-refractivity contribution in [3.8, 4) is 0 Å². The molecule has 3 N–H and O–H groups in total. The molecule has 1 aliphatic rings. The number of carboxylic acids is 1. The van der Waals surface area contributed by atoms with Crippen molar-refractivity contribution in [2.75, 3.05) is 13.1 Å². The Kier molecular flexibility index (Phi) is 6.32. The lowest BCUT2D eigenvalue weighted by Gasteiger charge is -2.10. The van der Waals surface area contributed by atoms with Gasteiger partial charge in [-0.15, -0.1) is 0 Å². The molecule has 0 saturated heterocycles. The van der Waals surface area contributed by atoms with E-state index in [2.05, 4.69) is 10.6 Å². The first kappa shape index (κ1) is 15.5. The van der Waals surface area contributed by atoms with Gasteiger partial charge in [-0.25, -0.2) is 0 Å². The second-order valence-corrected chi connectivity index (χ2v) is 4.94. The zero-order valence-electron chi connectivity index (χ0n) is 11.3. The van der Waals surface area contributed by atoms with Crippen molar-refractivity contribution in [1.29, 1.82) is 0 Å². The van der Waals surface area contributed by atoms with Gasteiger partial charge in [0.25, 0.3) is 0 Å². The van der Waals surface area contributed by atoms with Crippen molar-refractivity contribution < 1.29 is 19.5 Å². The molecule has 6 nitrogen and oxygen atoms in total. The number of aliphatic carboxylic acids is 1. The highest BCUT2D eigenvalue weighted by atomic mass is 16.4. The van der Waals surface area contributed by atoms with Crippen LogP contribution in [0.2, 0.25) is 0 Å². The van der Waals surface area contributed by atoms with Gasteiger partial charge < -0.3 is 15.7 Å². The standard InChI is InChI=1S/C13H22N2O4/c1-2-6-14-11(16)5-7-15-12(17)9-3-4-10(8-9)13(18)19/h9-10H,2-8H2,1H3,(H,14,16)(H,15,17)(H,18,19)/t9-,10+/m1/s1. The summed E-state index contributed by atoms with van der Waals surface area (Å²) in [5.41, 5.74) is 0. The van der Waals surface area contributed by atoms with Crippen molar-refractivity contribution in [2.45, 2.75) is 39.0 Å². The van der Waals surface area contributed by atoms with E-state index >= 15 is 0 Å². The number of amides is 2. The third kappa shape index (κ3) is 5.28. The SMILES string of the molecule is CCCNC(=O)CCNC(=O)[C@@H]1CC[C@H](C(=O)O)C1. The van der Waals surface area contributed by atoms with Crippen LogP contribution < -0.4 is 10.6 Å². The first-order chi connectivity index (χ1) is 9.04. The highest BCUT2D eigenvalue weighted by Crippen LogP contribution is 2.30. The molecule has 0 aromatic rings. The molecule has 2 atom stereocenters. The first-order valence-corrected chi connectivity index (χ1v) is 6.81. The molecule has 108 valence electrons. The van der Waals surface area contributed by atoms with Crippen LogP contribution in [-0.2, 0) is 14.4 Å². The van der Waals surface area contributed by atoms with Gasteiger partial charge in [0.1, 0.15) is 0 Å². The molecule has 0 bridgehead atoms. The molecule has 0 spiro atoms. The Hall–Kier alpha value is -1.59. The molecule has 1 aliphatic carbocycles. The van der Waals surface area contributed by atoms with Crippen LogP contribution in [0.15, 0.2) is 0 Å². The molecule has 0 unspecified atom stereocenters. The Morgan fingerprint density at radius 1 is 1.11 bits per heavy atom. The topological polar surface area (TPSA) is 95.5 Å². The number of hydrogen-bond acceptors (Lipinski definition) is 3. The molecule has 1 fully saturated rings. The maximum absolute atomic E-state index is 11.8. The van der Waals surface area contributed by atoms with E-state index in [4.69, 9.17) is 5.11 Å². The summed E-state index contributed by atoms with van der Waals surface area (Å²) in [5.74, 6) is -1.65. The number of rotatable bonds is 7. The number of hydrogen-bond donors (Lipinski definition) is 3.